The van der Waals surface area contributed by atoms with Gasteiger partial charge in [-0.05, 0) is 101 Å². The summed E-state index contributed by atoms with van der Waals surface area (Å²) in [4.78, 5) is 2.45. The van der Waals surface area contributed by atoms with Crippen LogP contribution in [0, 0.1) is 13.8 Å². The lowest BCUT2D eigenvalue weighted by Crippen LogP contribution is -2.17. The van der Waals surface area contributed by atoms with Gasteiger partial charge in [-0.2, -0.15) is 0 Å². The molecule has 6 aromatic carbocycles. The van der Waals surface area contributed by atoms with E-state index in [-0.39, 0.29) is 5.41 Å². The zero-order chi connectivity index (χ0) is 29.6. The first-order valence-corrected chi connectivity index (χ1v) is 15.2. The Kier molecular flexibility index (Phi) is 6.75. The van der Waals surface area contributed by atoms with Crippen LogP contribution in [0.3, 0.4) is 0 Å². The molecule has 1 nitrogen and oxygen atoms in total. The van der Waals surface area contributed by atoms with Crippen LogP contribution < -0.4 is 4.90 Å². The van der Waals surface area contributed by atoms with Gasteiger partial charge in [0.05, 0.1) is 5.69 Å². The van der Waals surface area contributed by atoms with E-state index in [0.717, 1.165) is 6.42 Å². The predicted molar refractivity (Wildman–Crippen MR) is 183 cm³/mol. The second-order valence-electron chi connectivity index (χ2n) is 12.3. The predicted octanol–water partition coefficient (Wildman–Crippen LogP) is 11.3. The number of para-hydroxylation sites is 1. The first kappa shape index (κ1) is 27.0. The fourth-order valence-electron chi connectivity index (χ4n) is 6.82. The van der Waals surface area contributed by atoms with Crippen LogP contribution in [0.2, 0.25) is 0 Å². The number of rotatable bonds is 6. The molecule has 6 aromatic rings. The second kappa shape index (κ2) is 10.7. The Hall–Kier alpha value is -4.88. The minimum absolute atomic E-state index is 0.0696. The van der Waals surface area contributed by atoms with E-state index >= 15 is 0 Å². The van der Waals surface area contributed by atoms with Crippen LogP contribution in [0.5, 0.6) is 0 Å². The molecule has 7 rings (SSSR count). The highest BCUT2D eigenvalue weighted by Crippen LogP contribution is 2.51. The van der Waals surface area contributed by atoms with Crippen LogP contribution in [0.15, 0.2) is 140 Å². The van der Waals surface area contributed by atoms with Crippen molar-refractivity contribution in [2.45, 2.75) is 39.5 Å². The number of anilines is 3. The Morgan fingerprint density at radius 2 is 1.09 bits per heavy atom. The lowest BCUT2D eigenvalue weighted by atomic mass is 9.82. The summed E-state index contributed by atoms with van der Waals surface area (Å²) in [6.45, 7) is 9.16. The third-order valence-corrected chi connectivity index (χ3v) is 9.28. The van der Waals surface area contributed by atoms with Gasteiger partial charge in [-0.1, -0.05) is 123 Å². The molecule has 1 aliphatic carbocycles. The van der Waals surface area contributed by atoms with Crippen molar-refractivity contribution in [3.63, 3.8) is 0 Å². The van der Waals surface area contributed by atoms with Crippen molar-refractivity contribution in [1.82, 2.24) is 0 Å². The highest BCUT2D eigenvalue weighted by Gasteiger charge is 2.35. The first-order chi connectivity index (χ1) is 20.9. The number of aryl methyl sites for hydroxylation is 2. The molecule has 0 aromatic heterocycles. The number of hydrogen-bond acceptors (Lipinski definition) is 1. The Labute approximate surface area is 256 Å². The SMILES string of the molecule is Cc1ccccc1Cc1ccc(N(c2ccc3c(c2)C(C)(C)c2ccccc2-3)c2ccccc2-c2ccccc2)cc1C. The molecule has 210 valence electrons. The van der Waals surface area contributed by atoms with Crippen molar-refractivity contribution in [3.8, 4) is 22.3 Å². The van der Waals surface area contributed by atoms with E-state index in [2.05, 4.69) is 172 Å². The van der Waals surface area contributed by atoms with Gasteiger partial charge in [0.2, 0.25) is 0 Å². The molecule has 0 radical (unpaired) electrons. The summed E-state index contributed by atoms with van der Waals surface area (Å²) < 4.78 is 0. The van der Waals surface area contributed by atoms with Crippen molar-refractivity contribution in [2.75, 3.05) is 4.90 Å². The standard InChI is InChI=1S/C42H37N/c1-29-14-8-9-17-32(29)27-33-22-23-34(26-30(33)2)43(41-21-13-11-18-36(41)31-15-6-5-7-16-31)35-24-25-38-37-19-10-12-20-39(37)42(3,4)40(38)28-35/h5-26,28H,27H2,1-4H3. The van der Waals surface area contributed by atoms with E-state index in [1.165, 1.54) is 72.7 Å². The largest absolute Gasteiger partial charge is 0.310 e. The third-order valence-electron chi connectivity index (χ3n) is 9.28. The molecule has 1 heteroatoms. The fraction of sp³-hybridized carbons (Fsp3) is 0.143. The Morgan fingerprint density at radius 1 is 0.488 bits per heavy atom. The molecular weight excluding hydrogens is 518 g/mol. The van der Waals surface area contributed by atoms with Crippen LogP contribution in [0.4, 0.5) is 17.1 Å². The maximum atomic E-state index is 2.45. The van der Waals surface area contributed by atoms with Gasteiger partial charge in [0.25, 0.3) is 0 Å². The Balaban J connectivity index is 1.39. The lowest BCUT2D eigenvalue weighted by molar-refractivity contribution is 0.660. The summed E-state index contributed by atoms with van der Waals surface area (Å²) in [5.74, 6) is 0. The van der Waals surface area contributed by atoms with E-state index < -0.39 is 0 Å². The molecule has 43 heavy (non-hydrogen) atoms. The van der Waals surface area contributed by atoms with Gasteiger partial charge >= 0.3 is 0 Å². The maximum absolute atomic E-state index is 2.45. The van der Waals surface area contributed by atoms with Gasteiger partial charge in [0, 0.05) is 22.4 Å². The molecular formula is C42H37N. The molecule has 0 saturated heterocycles. The fourth-order valence-corrected chi connectivity index (χ4v) is 6.82. The molecule has 0 fully saturated rings. The minimum Gasteiger partial charge on any atom is -0.310 e. The van der Waals surface area contributed by atoms with Crippen LogP contribution in [-0.2, 0) is 11.8 Å². The monoisotopic (exact) mass is 555 g/mol. The molecule has 0 spiro atoms. The molecule has 0 unspecified atom stereocenters. The quantitative estimate of drug-likeness (QED) is 0.198. The summed E-state index contributed by atoms with van der Waals surface area (Å²) in [5.41, 5.74) is 16.7. The Morgan fingerprint density at radius 3 is 1.88 bits per heavy atom. The molecule has 0 heterocycles. The Bertz CT molecular complexity index is 1950. The third kappa shape index (κ3) is 4.76. The van der Waals surface area contributed by atoms with Crippen LogP contribution in [0.1, 0.15) is 47.2 Å². The number of nitrogens with zero attached hydrogens (tertiary/aromatic N) is 1. The van der Waals surface area contributed by atoms with Crippen molar-refractivity contribution in [1.29, 1.82) is 0 Å². The zero-order valence-electron chi connectivity index (χ0n) is 25.4. The summed E-state index contributed by atoms with van der Waals surface area (Å²) in [7, 11) is 0. The van der Waals surface area contributed by atoms with Gasteiger partial charge in [-0.25, -0.2) is 0 Å². The smallest absolute Gasteiger partial charge is 0.0540 e. The second-order valence-corrected chi connectivity index (χ2v) is 12.3. The van der Waals surface area contributed by atoms with E-state index in [1.54, 1.807) is 0 Å². The lowest BCUT2D eigenvalue weighted by Gasteiger charge is -2.30. The van der Waals surface area contributed by atoms with Crippen molar-refractivity contribution >= 4 is 17.1 Å². The van der Waals surface area contributed by atoms with Crippen molar-refractivity contribution in [3.05, 3.63) is 173 Å². The highest BCUT2D eigenvalue weighted by molar-refractivity contribution is 5.90. The van der Waals surface area contributed by atoms with E-state index in [9.17, 15) is 0 Å². The van der Waals surface area contributed by atoms with Gasteiger partial charge < -0.3 is 4.90 Å². The van der Waals surface area contributed by atoms with Gasteiger partial charge in [-0.15, -0.1) is 0 Å². The summed E-state index contributed by atoms with van der Waals surface area (Å²) >= 11 is 0. The molecule has 0 bridgehead atoms. The van der Waals surface area contributed by atoms with E-state index in [0.29, 0.717) is 0 Å². The van der Waals surface area contributed by atoms with Gasteiger partial charge in [0.1, 0.15) is 0 Å². The molecule has 0 amide bonds. The summed E-state index contributed by atoms with van der Waals surface area (Å²) in [5, 5.41) is 0. The molecule has 0 N–H and O–H groups in total. The minimum atomic E-state index is -0.0696. The van der Waals surface area contributed by atoms with Gasteiger partial charge in [0.15, 0.2) is 0 Å². The molecule has 0 aliphatic heterocycles. The number of benzene rings is 6. The number of fused-ring (bicyclic) bond motifs is 3. The molecule has 1 aliphatic rings. The van der Waals surface area contributed by atoms with Gasteiger partial charge in [-0.3, -0.25) is 0 Å². The van der Waals surface area contributed by atoms with E-state index in [4.69, 9.17) is 0 Å². The average molecular weight is 556 g/mol. The summed E-state index contributed by atoms with van der Waals surface area (Å²) in [6, 6.07) is 51.1. The summed E-state index contributed by atoms with van der Waals surface area (Å²) in [6.07, 6.45) is 0.935. The van der Waals surface area contributed by atoms with Crippen LogP contribution in [0.25, 0.3) is 22.3 Å². The highest BCUT2D eigenvalue weighted by atomic mass is 15.1. The van der Waals surface area contributed by atoms with Crippen LogP contribution >= 0.6 is 0 Å². The van der Waals surface area contributed by atoms with Crippen molar-refractivity contribution in [2.24, 2.45) is 0 Å². The number of hydrogen-bond donors (Lipinski definition) is 0. The topological polar surface area (TPSA) is 3.24 Å². The molecule has 0 atom stereocenters. The van der Waals surface area contributed by atoms with Crippen molar-refractivity contribution < 1.29 is 0 Å². The average Bonchev–Trinajstić information content (AvgIpc) is 3.26. The van der Waals surface area contributed by atoms with Crippen LogP contribution in [-0.4, -0.2) is 0 Å². The zero-order valence-corrected chi connectivity index (χ0v) is 25.4. The molecule has 0 saturated carbocycles. The first-order valence-electron chi connectivity index (χ1n) is 15.2. The normalized spacial score (nSPS) is 12.9. The maximum Gasteiger partial charge on any atom is 0.0540 e. The van der Waals surface area contributed by atoms with E-state index in [1.807, 2.05) is 0 Å².